The summed E-state index contributed by atoms with van der Waals surface area (Å²) in [5.41, 5.74) is 2.76. The Bertz CT molecular complexity index is 941. The minimum Gasteiger partial charge on any atom is -0.497 e. The maximum Gasteiger partial charge on any atom is 0.181 e. The van der Waals surface area contributed by atoms with Crippen LogP contribution in [0.2, 0.25) is 0 Å². The summed E-state index contributed by atoms with van der Waals surface area (Å²) < 4.78 is 6.95. The zero-order valence-corrected chi connectivity index (χ0v) is 12.5. The quantitative estimate of drug-likeness (QED) is 0.625. The third kappa shape index (κ3) is 2.52. The second kappa shape index (κ2) is 5.53. The van der Waals surface area contributed by atoms with E-state index in [9.17, 15) is 0 Å². The van der Waals surface area contributed by atoms with Gasteiger partial charge in [-0.25, -0.2) is 9.67 Å². The number of nitrogens with one attached hydrogen (secondary N) is 1. The molecule has 7 nitrogen and oxygen atoms in total. The lowest BCUT2D eigenvalue weighted by Crippen LogP contribution is -2.03. The monoisotopic (exact) mass is 306 g/mol. The van der Waals surface area contributed by atoms with Crippen LogP contribution in [-0.4, -0.2) is 37.3 Å². The molecule has 0 fully saturated rings. The Balaban J connectivity index is 1.60. The van der Waals surface area contributed by atoms with Crippen LogP contribution in [0, 0.1) is 0 Å². The fourth-order valence-corrected chi connectivity index (χ4v) is 2.41. The lowest BCUT2D eigenvalue weighted by Gasteiger charge is -1.99. The van der Waals surface area contributed by atoms with Gasteiger partial charge in [0.1, 0.15) is 23.6 Å². The highest BCUT2D eigenvalue weighted by molar-refractivity contribution is 5.73. The smallest absolute Gasteiger partial charge is 0.181 e. The summed E-state index contributed by atoms with van der Waals surface area (Å²) in [6.07, 6.45) is 0. The van der Waals surface area contributed by atoms with E-state index in [0.29, 0.717) is 12.4 Å². The van der Waals surface area contributed by atoms with E-state index in [2.05, 4.69) is 25.5 Å². The molecule has 0 saturated carbocycles. The van der Waals surface area contributed by atoms with Crippen LogP contribution in [0.3, 0.4) is 0 Å². The van der Waals surface area contributed by atoms with Crippen molar-refractivity contribution in [3.8, 4) is 17.1 Å². The van der Waals surface area contributed by atoms with Crippen LogP contribution in [0.25, 0.3) is 22.4 Å². The number of rotatable bonds is 4. The molecule has 2 aromatic heterocycles. The first-order chi connectivity index (χ1) is 11.3. The van der Waals surface area contributed by atoms with Crippen molar-refractivity contribution in [1.82, 2.24) is 30.2 Å². The van der Waals surface area contributed by atoms with Crippen molar-refractivity contribution in [2.24, 2.45) is 0 Å². The summed E-state index contributed by atoms with van der Waals surface area (Å²) in [5, 5.41) is 15.5. The Kier molecular flexibility index (Phi) is 3.23. The Morgan fingerprint density at radius 1 is 1.09 bits per heavy atom. The predicted molar refractivity (Wildman–Crippen MR) is 85.0 cm³/mol. The highest BCUT2D eigenvalue weighted by Gasteiger charge is 2.09. The zero-order valence-electron chi connectivity index (χ0n) is 12.5. The van der Waals surface area contributed by atoms with E-state index >= 15 is 0 Å². The molecule has 4 aromatic rings. The molecular formula is C16H14N6O. The number of methoxy groups -OCH3 is 1. The largest absolute Gasteiger partial charge is 0.497 e. The SMILES string of the molecule is COc1ccc(-c2n[nH]c(Cn3nnc4ccccc43)n2)cc1. The van der Waals surface area contributed by atoms with Crippen molar-refractivity contribution in [3.05, 3.63) is 54.4 Å². The number of fused-ring (bicyclic) bond motifs is 1. The summed E-state index contributed by atoms with van der Waals surface area (Å²) in [6.45, 7) is 0.490. The van der Waals surface area contributed by atoms with Gasteiger partial charge < -0.3 is 4.74 Å². The Morgan fingerprint density at radius 2 is 1.91 bits per heavy atom. The number of benzene rings is 2. The molecule has 0 aliphatic carbocycles. The van der Waals surface area contributed by atoms with Crippen LogP contribution < -0.4 is 4.74 Å². The second-order valence-electron chi connectivity index (χ2n) is 5.07. The van der Waals surface area contributed by atoms with E-state index < -0.39 is 0 Å². The molecule has 4 rings (SSSR count). The van der Waals surface area contributed by atoms with Crippen molar-refractivity contribution in [2.45, 2.75) is 6.54 Å². The zero-order chi connectivity index (χ0) is 15.6. The molecule has 1 N–H and O–H groups in total. The average Bonchev–Trinajstić information content (AvgIpc) is 3.23. The van der Waals surface area contributed by atoms with E-state index in [1.54, 1.807) is 11.8 Å². The van der Waals surface area contributed by atoms with Crippen molar-refractivity contribution in [2.75, 3.05) is 7.11 Å². The van der Waals surface area contributed by atoms with Gasteiger partial charge in [0, 0.05) is 5.56 Å². The number of ether oxygens (including phenoxy) is 1. The molecule has 0 bridgehead atoms. The van der Waals surface area contributed by atoms with E-state index in [4.69, 9.17) is 4.74 Å². The normalized spacial score (nSPS) is 11.0. The number of hydrogen-bond donors (Lipinski definition) is 1. The molecule has 0 atom stereocenters. The lowest BCUT2D eigenvalue weighted by molar-refractivity contribution is 0.415. The molecule has 0 unspecified atom stereocenters. The molecule has 2 aromatic carbocycles. The summed E-state index contributed by atoms with van der Waals surface area (Å²) in [7, 11) is 1.64. The van der Waals surface area contributed by atoms with E-state index in [-0.39, 0.29) is 0 Å². The Morgan fingerprint density at radius 3 is 2.74 bits per heavy atom. The average molecular weight is 306 g/mol. The number of nitrogens with zero attached hydrogens (tertiary/aromatic N) is 5. The molecule has 0 radical (unpaired) electrons. The van der Waals surface area contributed by atoms with E-state index in [1.807, 2.05) is 48.5 Å². The van der Waals surface area contributed by atoms with Gasteiger partial charge in [-0.3, -0.25) is 5.10 Å². The number of aromatic nitrogens is 6. The van der Waals surface area contributed by atoms with Crippen LogP contribution in [0.5, 0.6) is 5.75 Å². The molecule has 0 spiro atoms. The standard InChI is InChI=1S/C16H14N6O/c1-23-12-8-6-11(7-9-12)16-17-15(19-20-16)10-22-14-5-3-2-4-13(14)18-21-22/h2-9H,10H2,1H3,(H,17,19,20). The fourth-order valence-electron chi connectivity index (χ4n) is 2.41. The van der Waals surface area contributed by atoms with E-state index in [1.165, 1.54) is 0 Å². The highest BCUT2D eigenvalue weighted by Crippen LogP contribution is 2.19. The van der Waals surface area contributed by atoms with Crippen LogP contribution in [0.4, 0.5) is 0 Å². The van der Waals surface area contributed by atoms with Gasteiger partial charge in [-0.2, -0.15) is 5.10 Å². The van der Waals surface area contributed by atoms with Crippen molar-refractivity contribution in [3.63, 3.8) is 0 Å². The van der Waals surface area contributed by atoms with Crippen LogP contribution >= 0.6 is 0 Å². The second-order valence-corrected chi connectivity index (χ2v) is 5.07. The summed E-state index contributed by atoms with van der Waals surface area (Å²) >= 11 is 0. The lowest BCUT2D eigenvalue weighted by atomic mass is 10.2. The van der Waals surface area contributed by atoms with Gasteiger partial charge in [0.25, 0.3) is 0 Å². The number of para-hydroxylation sites is 1. The summed E-state index contributed by atoms with van der Waals surface area (Å²) in [5.74, 6) is 2.18. The summed E-state index contributed by atoms with van der Waals surface area (Å²) in [6, 6.07) is 15.4. The molecule has 0 saturated heterocycles. The molecule has 0 aliphatic heterocycles. The first-order valence-corrected chi connectivity index (χ1v) is 7.17. The third-order valence-corrected chi connectivity index (χ3v) is 3.60. The first-order valence-electron chi connectivity index (χ1n) is 7.17. The Labute approximate surface area is 131 Å². The predicted octanol–water partition coefficient (Wildman–Crippen LogP) is 2.27. The van der Waals surface area contributed by atoms with Gasteiger partial charge in [0.2, 0.25) is 0 Å². The minimum atomic E-state index is 0.490. The molecular weight excluding hydrogens is 292 g/mol. The first kappa shape index (κ1) is 13.4. The van der Waals surface area contributed by atoms with Crippen LogP contribution in [-0.2, 0) is 6.54 Å². The maximum absolute atomic E-state index is 5.15. The number of H-pyrrole nitrogens is 1. The molecule has 23 heavy (non-hydrogen) atoms. The van der Waals surface area contributed by atoms with Crippen LogP contribution in [0.15, 0.2) is 48.5 Å². The van der Waals surface area contributed by atoms with Gasteiger partial charge in [-0.15, -0.1) is 5.10 Å². The molecule has 7 heteroatoms. The minimum absolute atomic E-state index is 0.490. The van der Waals surface area contributed by atoms with Crippen molar-refractivity contribution >= 4 is 11.0 Å². The molecule has 2 heterocycles. The molecule has 0 amide bonds. The molecule has 114 valence electrons. The third-order valence-electron chi connectivity index (χ3n) is 3.60. The van der Waals surface area contributed by atoms with Crippen LogP contribution in [0.1, 0.15) is 5.82 Å². The summed E-state index contributed by atoms with van der Waals surface area (Å²) in [4.78, 5) is 4.52. The Hall–Kier alpha value is -3.22. The number of aromatic amines is 1. The fraction of sp³-hybridized carbons (Fsp3) is 0.125. The topological polar surface area (TPSA) is 81.5 Å². The van der Waals surface area contributed by atoms with Gasteiger partial charge >= 0.3 is 0 Å². The van der Waals surface area contributed by atoms with Crippen molar-refractivity contribution < 1.29 is 4.74 Å². The van der Waals surface area contributed by atoms with Gasteiger partial charge in [0.05, 0.1) is 12.6 Å². The highest BCUT2D eigenvalue weighted by atomic mass is 16.5. The molecule has 0 aliphatic rings. The van der Waals surface area contributed by atoms with Gasteiger partial charge in [0.15, 0.2) is 5.82 Å². The van der Waals surface area contributed by atoms with Gasteiger partial charge in [-0.1, -0.05) is 17.3 Å². The maximum atomic E-state index is 5.15. The number of hydrogen-bond acceptors (Lipinski definition) is 5. The van der Waals surface area contributed by atoms with Crippen molar-refractivity contribution in [1.29, 1.82) is 0 Å². The van der Waals surface area contributed by atoms with E-state index in [0.717, 1.165) is 28.2 Å². The van der Waals surface area contributed by atoms with Gasteiger partial charge in [-0.05, 0) is 36.4 Å².